The SMILES string of the molecule is CC(NC(=O)N(Cc1cnn(C)c1)C1CC1)c1cnn(-c2ccccc2F)c1. The molecule has 0 spiro atoms. The predicted octanol–water partition coefficient (Wildman–Crippen LogP) is 3.18. The van der Waals surface area contributed by atoms with E-state index in [4.69, 9.17) is 0 Å². The van der Waals surface area contributed by atoms with Crippen LogP contribution in [0.3, 0.4) is 0 Å². The minimum absolute atomic E-state index is 0.113. The summed E-state index contributed by atoms with van der Waals surface area (Å²) in [5.41, 5.74) is 2.20. The maximum absolute atomic E-state index is 14.0. The summed E-state index contributed by atoms with van der Waals surface area (Å²) in [6, 6.07) is 6.37. The molecule has 3 aromatic rings. The number of carbonyl (C=O) groups is 1. The van der Waals surface area contributed by atoms with Crippen LogP contribution in [0, 0.1) is 5.82 Å². The minimum Gasteiger partial charge on any atom is -0.331 e. The highest BCUT2D eigenvalue weighted by molar-refractivity contribution is 5.75. The zero-order valence-corrected chi connectivity index (χ0v) is 15.9. The van der Waals surface area contributed by atoms with E-state index in [-0.39, 0.29) is 23.9 Å². The summed E-state index contributed by atoms with van der Waals surface area (Å²) in [6.07, 6.45) is 9.14. The molecule has 146 valence electrons. The van der Waals surface area contributed by atoms with Gasteiger partial charge in [-0.2, -0.15) is 10.2 Å². The molecule has 4 rings (SSSR count). The Morgan fingerprint density at radius 2 is 2.07 bits per heavy atom. The maximum Gasteiger partial charge on any atom is 0.318 e. The van der Waals surface area contributed by atoms with E-state index in [9.17, 15) is 9.18 Å². The number of carbonyl (C=O) groups excluding carboxylic acids is 1. The van der Waals surface area contributed by atoms with Gasteiger partial charge < -0.3 is 10.2 Å². The Morgan fingerprint density at radius 3 is 2.75 bits per heavy atom. The van der Waals surface area contributed by atoms with Crippen molar-refractivity contribution in [3.63, 3.8) is 0 Å². The first kappa shape index (κ1) is 18.2. The van der Waals surface area contributed by atoms with Crippen molar-refractivity contribution in [2.75, 3.05) is 0 Å². The third kappa shape index (κ3) is 3.90. The molecule has 2 amide bonds. The number of urea groups is 1. The number of benzene rings is 1. The van der Waals surface area contributed by atoms with Crippen LogP contribution in [0.1, 0.15) is 36.9 Å². The van der Waals surface area contributed by atoms with Crippen LogP contribution in [0.2, 0.25) is 0 Å². The first-order valence-corrected chi connectivity index (χ1v) is 9.35. The standard InChI is InChI=1S/C20H23FN6O/c1-14(16-10-23-27(13-16)19-6-4-3-5-18(19)21)24-20(28)26(17-7-8-17)12-15-9-22-25(2)11-15/h3-6,9-11,13-14,17H,7-8,12H2,1-2H3,(H,24,28). The number of aryl methyl sites for hydroxylation is 1. The molecular weight excluding hydrogens is 359 g/mol. The molecule has 1 saturated carbocycles. The molecule has 1 aromatic carbocycles. The van der Waals surface area contributed by atoms with Crippen LogP contribution in [-0.2, 0) is 13.6 Å². The summed E-state index contributed by atoms with van der Waals surface area (Å²) in [6.45, 7) is 2.43. The number of rotatable bonds is 6. The number of nitrogens with one attached hydrogen (secondary N) is 1. The summed E-state index contributed by atoms with van der Waals surface area (Å²) >= 11 is 0. The lowest BCUT2D eigenvalue weighted by Crippen LogP contribution is -2.41. The third-order valence-electron chi connectivity index (χ3n) is 4.90. The lowest BCUT2D eigenvalue weighted by atomic mass is 10.2. The highest BCUT2D eigenvalue weighted by atomic mass is 19.1. The van der Waals surface area contributed by atoms with Crippen molar-refractivity contribution in [3.8, 4) is 5.69 Å². The van der Waals surface area contributed by atoms with Gasteiger partial charge in [-0.05, 0) is 31.9 Å². The number of hydrogen-bond donors (Lipinski definition) is 1. The van der Waals surface area contributed by atoms with Crippen molar-refractivity contribution >= 4 is 6.03 Å². The Hall–Kier alpha value is -3.16. The third-order valence-corrected chi connectivity index (χ3v) is 4.90. The van der Waals surface area contributed by atoms with Crippen LogP contribution >= 0.6 is 0 Å². The second kappa shape index (κ2) is 7.46. The smallest absolute Gasteiger partial charge is 0.318 e. The zero-order valence-electron chi connectivity index (χ0n) is 15.9. The molecule has 1 aliphatic rings. The average Bonchev–Trinajstić information content (AvgIpc) is 3.23. The van der Waals surface area contributed by atoms with Crippen LogP contribution in [0.25, 0.3) is 5.69 Å². The Bertz CT molecular complexity index is 976. The molecule has 1 N–H and O–H groups in total. The average molecular weight is 382 g/mol. The summed E-state index contributed by atoms with van der Waals surface area (Å²) < 4.78 is 17.2. The van der Waals surface area contributed by atoms with E-state index >= 15 is 0 Å². The molecule has 2 heterocycles. The number of nitrogens with zero attached hydrogens (tertiary/aromatic N) is 5. The van der Waals surface area contributed by atoms with Crippen LogP contribution in [0.15, 0.2) is 49.1 Å². The van der Waals surface area contributed by atoms with Gasteiger partial charge in [-0.25, -0.2) is 13.9 Å². The van der Waals surface area contributed by atoms with E-state index in [1.165, 1.54) is 10.7 Å². The number of hydrogen-bond acceptors (Lipinski definition) is 3. The van der Waals surface area contributed by atoms with Gasteiger partial charge in [0.1, 0.15) is 11.5 Å². The molecule has 0 bridgehead atoms. The van der Waals surface area contributed by atoms with Gasteiger partial charge in [-0.15, -0.1) is 0 Å². The molecule has 8 heteroatoms. The van der Waals surface area contributed by atoms with E-state index in [2.05, 4.69) is 15.5 Å². The summed E-state index contributed by atoms with van der Waals surface area (Å²) in [7, 11) is 1.86. The number of aromatic nitrogens is 4. The molecule has 7 nitrogen and oxygen atoms in total. The molecule has 1 aliphatic carbocycles. The lowest BCUT2D eigenvalue weighted by molar-refractivity contribution is 0.188. The fourth-order valence-corrected chi connectivity index (χ4v) is 3.18. The molecule has 2 aromatic heterocycles. The Balaban J connectivity index is 1.44. The summed E-state index contributed by atoms with van der Waals surface area (Å²) in [5.74, 6) is -0.342. The molecule has 28 heavy (non-hydrogen) atoms. The monoisotopic (exact) mass is 382 g/mol. The highest BCUT2D eigenvalue weighted by Crippen LogP contribution is 2.29. The predicted molar refractivity (Wildman–Crippen MR) is 102 cm³/mol. The van der Waals surface area contributed by atoms with E-state index in [0.717, 1.165) is 24.0 Å². The molecule has 0 saturated heterocycles. The second-order valence-corrected chi connectivity index (χ2v) is 7.22. The summed E-state index contributed by atoms with van der Waals surface area (Å²) in [5, 5.41) is 11.4. The number of halogens is 1. The first-order chi connectivity index (χ1) is 13.5. The number of amides is 2. The van der Waals surface area contributed by atoms with E-state index in [1.807, 2.05) is 25.1 Å². The topological polar surface area (TPSA) is 68.0 Å². The molecule has 1 atom stereocenters. The summed E-state index contributed by atoms with van der Waals surface area (Å²) in [4.78, 5) is 14.7. The lowest BCUT2D eigenvalue weighted by Gasteiger charge is -2.24. The van der Waals surface area contributed by atoms with Gasteiger partial charge >= 0.3 is 6.03 Å². The molecule has 0 aliphatic heterocycles. The van der Waals surface area contributed by atoms with Crippen molar-refractivity contribution in [1.82, 2.24) is 29.8 Å². The van der Waals surface area contributed by atoms with Gasteiger partial charge in [0.05, 0.1) is 25.0 Å². The van der Waals surface area contributed by atoms with E-state index in [1.54, 1.807) is 41.5 Å². The van der Waals surface area contributed by atoms with Gasteiger partial charge in [0.2, 0.25) is 0 Å². The maximum atomic E-state index is 14.0. The van der Waals surface area contributed by atoms with Crippen LogP contribution in [0.5, 0.6) is 0 Å². The molecular formula is C20H23FN6O. The Morgan fingerprint density at radius 1 is 1.29 bits per heavy atom. The van der Waals surface area contributed by atoms with Gasteiger partial charge in [0, 0.05) is 36.6 Å². The van der Waals surface area contributed by atoms with Gasteiger partial charge in [0.25, 0.3) is 0 Å². The Kier molecular flexibility index (Phi) is 4.85. The van der Waals surface area contributed by atoms with Crippen molar-refractivity contribution in [1.29, 1.82) is 0 Å². The van der Waals surface area contributed by atoms with Gasteiger partial charge in [-0.3, -0.25) is 4.68 Å². The van der Waals surface area contributed by atoms with Crippen LogP contribution in [-0.4, -0.2) is 36.5 Å². The van der Waals surface area contributed by atoms with Crippen molar-refractivity contribution in [3.05, 3.63) is 66.0 Å². The first-order valence-electron chi connectivity index (χ1n) is 9.35. The van der Waals surface area contributed by atoms with Crippen molar-refractivity contribution in [2.45, 2.75) is 38.4 Å². The normalized spacial score (nSPS) is 14.7. The number of para-hydroxylation sites is 1. The molecule has 1 unspecified atom stereocenters. The van der Waals surface area contributed by atoms with Crippen molar-refractivity contribution < 1.29 is 9.18 Å². The fourth-order valence-electron chi connectivity index (χ4n) is 3.18. The van der Waals surface area contributed by atoms with E-state index in [0.29, 0.717) is 12.2 Å². The van der Waals surface area contributed by atoms with Gasteiger partial charge in [0.15, 0.2) is 0 Å². The second-order valence-electron chi connectivity index (χ2n) is 7.22. The fraction of sp³-hybridized carbons (Fsp3) is 0.350. The van der Waals surface area contributed by atoms with E-state index < -0.39 is 0 Å². The molecule has 0 radical (unpaired) electrons. The van der Waals surface area contributed by atoms with Crippen LogP contribution in [0.4, 0.5) is 9.18 Å². The Labute approximate surface area is 162 Å². The van der Waals surface area contributed by atoms with Gasteiger partial charge in [-0.1, -0.05) is 12.1 Å². The van der Waals surface area contributed by atoms with Crippen molar-refractivity contribution in [2.24, 2.45) is 7.05 Å². The minimum atomic E-state index is -0.342. The quantitative estimate of drug-likeness (QED) is 0.712. The molecule has 1 fully saturated rings. The highest BCUT2D eigenvalue weighted by Gasteiger charge is 2.33. The zero-order chi connectivity index (χ0) is 19.7. The van der Waals surface area contributed by atoms with Crippen LogP contribution < -0.4 is 5.32 Å². The largest absolute Gasteiger partial charge is 0.331 e.